The number of pyridine rings is 1. The fourth-order valence-corrected chi connectivity index (χ4v) is 2.84. The number of carbonyl (C=O) groups is 1. The molecule has 0 radical (unpaired) electrons. The van der Waals surface area contributed by atoms with Gasteiger partial charge in [-0.25, -0.2) is 18.1 Å². The topological polar surface area (TPSA) is 109 Å². The molecule has 1 saturated carbocycles. The van der Waals surface area contributed by atoms with Crippen molar-refractivity contribution in [3.63, 3.8) is 0 Å². The molecule has 124 valence electrons. The van der Waals surface area contributed by atoms with Crippen LogP contribution in [-0.2, 0) is 19.6 Å². The standard InChI is InChI=1S/C14H18N4O4S/c1-2-8-22-9-7-14(19)17-16-13-6-5-12(10-15-13)23(20,21)18-11-3-4-11/h1,5-6,10-11,18H,3-4,7-9H2,(H,15,16)(H,17,19). The quantitative estimate of drug-likeness (QED) is 0.332. The number of hydrogen-bond donors (Lipinski definition) is 3. The number of nitrogens with one attached hydrogen (secondary N) is 3. The van der Waals surface area contributed by atoms with E-state index in [1.807, 2.05) is 0 Å². The second-order valence-corrected chi connectivity index (χ2v) is 6.67. The van der Waals surface area contributed by atoms with E-state index in [4.69, 9.17) is 11.2 Å². The first-order chi connectivity index (χ1) is 11.0. The van der Waals surface area contributed by atoms with E-state index >= 15 is 0 Å². The average molecular weight is 338 g/mol. The molecule has 0 spiro atoms. The lowest BCUT2D eigenvalue weighted by Gasteiger charge is -2.09. The van der Waals surface area contributed by atoms with Crippen molar-refractivity contribution in [2.75, 3.05) is 18.6 Å². The van der Waals surface area contributed by atoms with E-state index in [1.54, 1.807) is 0 Å². The van der Waals surface area contributed by atoms with Gasteiger partial charge in [-0.05, 0) is 25.0 Å². The Morgan fingerprint density at radius 3 is 2.83 bits per heavy atom. The number of ether oxygens (including phenoxy) is 1. The highest BCUT2D eigenvalue weighted by Gasteiger charge is 2.28. The number of anilines is 1. The lowest BCUT2D eigenvalue weighted by molar-refractivity contribution is -0.121. The number of sulfonamides is 1. The summed E-state index contributed by atoms with van der Waals surface area (Å²) in [5.74, 6) is 2.33. The molecule has 1 heterocycles. The summed E-state index contributed by atoms with van der Waals surface area (Å²) in [6.45, 7) is 0.377. The SMILES string of the molecule is C#CCOCCC(=O)NNc1ccc(S(=O)(=O)NC2CC2)cn1. The smallest absolute Gasteiger partial charge is 0.242 e. The molecule has 3 N–H and O–H groups in total. The maximum atomic E-state index is 12.0. The number of hydrazine groups is 1. The largest absolute Gasteiger partial charge is 0.368 e. The molecule has 8 nitrogen and oxygen atoms in total. The zero-order valence-corrected chi connectivity index (χ0v) is 13.2. The van der Waals surface area contributed by atoms with Crippen molar-refractivity contribution in [1.82, 2.24) is 15.1 Å². The molecule has 0 unspecified atom stereocenters. The van der Waals surface area contributed by atoms with Crippen molar-refractivity contribution in [1.29, 1.82) is 0 Å². The second-order valence-electron chi connectivity index (χ2n) is 4.95. The van der Waals surface area contributed by atoms with Gasteiger partial charge in [0, 0.05) is 12.2 Å². The predicted octanol–water partition coefficient (Wildman–Crippen LogP) is 0.00530. The number of aromatic nitrogens is 1. The van der Waals surface area contributed by atoms with Gasteiger partial charge in [0.15, 0.2) is 0 Å². The van der Waals surface area contributed by atoms with E-state index in [9.17, 15) is 13.2 Å². The summed E-state index contributed by atoms with van der Waals surface area (Å²) in [5, 5.41) is 0. The van der Waals surface area contributed by atoms with Gasteiger partial charge >= 0.3 is 0 Å². The molecular weight excluding hydrogens is 320 g/mol. The summed E-state index contributed by atoms with van der Waals surface area (Å²) in [4.78, 5) is 15.5. The lowest BCUT2D eigenvalue weighted by Crippen LogP contribution is -2.30. The van der Waals surface area contributed by atoms with Crippen LogP contribution in [0.1, 0.15) is 19.3 Å². The summed E-state index contributed by atoms with van der Waals surface area (Å²) in [7, 11) is -3.52. The number of carbonyl (C=O) groups excluding carboxylic acids is 1. The summed E-state index contributed by atoms with van der Waals surface area (Å²) >= 11 is 0. The Labute approximate surface area is 135 Å². The summed E-state index contributed by atoms with van der Waals surface area (Å²) < 4.78 is 31.5. The molecule has 9 heteroatoms. The van der Waals surface area contributed by atoms with Gasteiger partial charge in [-0.1, -0.05) is 5.92 Å². The number of amides is 1. The van der Waals surface area contributed by atoms with Crippen LogP contribution in [-0.4, -0.2) is 38.6 Å². The highest BCUT2D eigenvalue weighted by molar-refractivity contribution is 7.89. The van der Waals surface area contributed by atoms with E-state index in [0.29, 0.717) is 5.82 Å². The van der Waals surface area contributed by atoms with Crippen molar-refractivity contribution in [2.24, 2.45) is 0 Å². The van der Waals surface area contributed by atoms with Crippen LogP contribution in [0.25, 0.3) is 0 Å². The van der Waals surface area contributed by atoms with Crippen molar-refractivity contribution in [3.8, 4) is 12.3 Å². The van der Waals surface area contributed by atoms with Crippen LogP contribution >= 0.6 is 0 Å². The van der Waals surface area contributed by atoms with Gasteiger partial charge in [0.25, 0.3) is 0 Å². The minimum atomic E-state index is -3.52. The Kier molecular flexibility index (Phi) is 5.92. The Bertz CT molecular complexity index is 678. The molecule has 1 aromatic heterocycles. The molecule has 0 bridgehead atoms. The zero-order chi connectivity index (χ0) is 16.7. The Hall–Kier alpha value is -2.15. The van der Waals surface area contributed by atoms with Crippen molar-refractivity contribution >= 4 is 21.7 Å². The molecule has 1 fully saturated rings. The monoisotopic (exact) mass is 338 g/mol. The zero-order valence-electron chi connectivity index (χ0n) is 12.4. The predicted molar refractivity (Wildman–Crippen MR) is 83.6 cm³/mol. The first-order valence-electron chi connectivity index (χ1n) is 7.06. The lowest BCUT2D eigenvalue weighted by atomic mass is 10.4. The van der Waals surface area contributed by atoms with E-state index in [0.717, 1.165) is 12.8 Å². The van der Waals surface area contributed by atoms with Gasteiger partial charge in [0.05, 0.1) is 13.0 Å². The molecular formula is C14H18N4O4S. The third-order valence-corrected chi connectivity index (χ3v) is 4.44. The first kappa shape index (κ1) is 17.2. The van der Waals surface area contributed by atoms with Crippen LogP contribution in [0.15, 0.2) is 23.2 Å². The van der Waals surface area contributed by atoms with Crippen molar-refractivity contribution < 1.29 is 17.9 Å². The fourth-order valence-electron chi connectivity index (χ4n) is 1.59. The minimum Gasteiger partial charge on any atom is -0.368 e. The Balaban J connectivity index is 1.78. The molecule has 0 aliphatic heterocycles. The van der Waals surface area contributed by atoms with Crippen LogP contribution < -0.4 is 15.6 Å². The fraction of sp³-hybridized carbons (Fsp3) is 0.429. The molecule has 0 atom stereocenters. The third kappa shape index (κ3) is 5.86. The van der Waals surface area contributed by atoms with Gasteiger partial charge in [-0.2, -0.15) is 0 Å². The molecule has 23 heavy (non-hydrogen) atoms. The van der Waals surface area contributed by atoms with Crippen molar-refractivity contribution in [2.45, 2.75) is 30.2 Å². The van der Waals surface area contributed by atoms with E-state index in [2.05, 4.69) is 26.5 Å². The van der Waals surface area contributed by atoms with Gasteiger partial charge < -0.3 is 4.74 Å². The summed E-state index contributed by atoms with van der Waals surface area (Å²) in [6.07, 6.45) is 8.11. The summed E-state index contributed by atoms with van der Waals surface area (Å²) in [6, 6.07) is 2.92. The van der Waals surface area contributed by atoms with Crippen LogP contribution in [0.2, 0.25) is 0 Å². The molecule has 1 aliphatic rings. The molecule has 0 aromatic carbocycles. The van der Waals surface area contributed by atoms with Gasteiger partial charge in [0.1, 0.15) is 17.3 Å². The van der Waals surface area contributed by atoms with E-state index in [-0.39, 0.29) is 36.5 Å². The molecule has 0 saturated heterocycles. The number of terminal acetylenes is 1. The summed E-state index contributed by atoms with van der Waals surface area (Å²) in [5.41, 5.74) is 5.02. The number of hydrogen-bond acceptors (Lipinski definition) is 6. The second kappa shape index (κ2) is 7.92. The van der Waals surface area contributed by atoms with E-state index < -0.39 is 10.0 Å². The average Bonchev–Trinajstić information content (AvgIpc) is 3.33. The van der Waals surface area contributed by atoms with Crippen LogP contribution in [0.5, 0.6) is 0 Å². The number of nitrogens with zero attached hydrogens (tertiary/aromatic N) is 1. The number of rotatable bonds is 9. The van der Waals surface area contributed by atoms with Crippen molar-refractivity contribution in [3.05, 3.63) is 18.3 Å². The normalized spacial score (nSPS) is 14.0. The molecule has 1 aromatic rings. The van der Waals surface area contributed by atoms with E-state index in [1.165, 1.54) is 18.3 Å². The minimum absolute atomic E-state index is 0.0359. The van der Waals surface area contributed by atoms with Crippen LogP contribution in [0.4, 0.5) is 5.82 Å². The molecule has 1 aliphatic carbocycles. The third-order valence-electron chi connectivity index (χ3n) is 2.93. The Morgan fingerprint density at radius 1 is 1.43 bits per heavy atom. The highest BCUT2D eigenvalue weighted by atomic mass is 32.2. The van der Waals surface area contributed by atoms with Gasteiger partial charge in [-0.15, -0.1) is 6.42 Å². The molecule has 1 amide bonds. The van der Waals surface area contributed by atoms with Crippen LogP contribution in [0, 0.1) is 12.3 Å². The maximum Gasteiger partial charge on any atom is 0.242 e. The first-order valence-corrected chi connectivity index (χ1v) is 8.54. The Morgan fingerprint density at radius 2 is 2.22 bits per heavy atom. The van der Waals surface area contributed by atoms with Gasteiger partial charge in [-0.3, -0.25) is 15.6 Å². The highest BCUT2D eigenvalue weighted by Crippen LogP contribution is 2.22. The maximum absolute atomic E-state index is 12.0. The van der Waals surface area contributed by atoms with Crippen LogP contribution in [0.3, 0.4) is 0 Å². The van der Waals surface area contributed by atoms with Gasteiger partial charge in [0.2, 0.25) is 15.9 Å². The molecule has 2 rings (SSSR count).